The summed E-state index contributed by atoms with van der Waals surface area (Å²) in [5.74, 6) is -0.762. The summed E-state index contributed by atoms with van der Waals surface area (Å²) in [6.07, 6.45) is 0. The molecule has 3 heterocycles. The van der Waals surface area contributed by atoms with Crippen molar-refractivity contribution in [3.8, 4) is 17.4 Å². The molecule has 0 saturated carbocycles. The smallest absolute Gasteiger partial charge is 0.322 e. The lowest BCUT2D eigenvalue weighted by Gasteiger charge is -2.12. The van der Waals surface area contributed by atoms with Crippen molar-refractivity contribution < 1.29 is 28.0 Å². The van der Waals surface area contributed by atoms with Gasteiger partial charge in [-0.15, -0.1) is 5.10 Å². The minimum absolute atomic E-state index is 0.0553. The molecule has 1 N–H and O–H groups in total. The number of carbonyl (C=O) groups excluding carboxylic acids is 3. The second kappa shape index (κ2) is 7.65. The normalized spacial score (nSPS) is 13.0. The Hall–Kier alpha value is -4.47. The van der Waals surface area contributed by atoms with Crippen molar-refractivity contribution in [3.63, 3.8) is 0 Å². The third-order valence-corrected chi connectivity index (χ3v) is 4.87. The van der Waals surface area contributed by atoms with Crippen LogP contribution in [0.4, 0.5) is 6.01 Å². The minimum Gasteiger partial charge on any atom is -0.490 e. The van der Waals surface area contributed by atoms with E-state index in [9.17, 15) is 14.4 Å². The van der Waals surface area contributed by atoms with Gasteiger partial charge in [-0.2, -0.15) is 0 Å². The molecule has 0 unspecified atom stereocenters. The number of hydrogen-bond acceptors (Lipinski definition) is 8. The molecule has 0 aliphatic carbocycles. The van der Waals surface area contributed by atoms with Gasteiger partial charge in [0.15, 0.2) is 17.1 Å². The topological polar surface area (TPSA) is 128 Å². The molecule has 0 fully saturated rings. The Morgan fingerprint density at radius 1 is 1.03 bits per heavy atom. The summed E-state index contributed by atoms with van der Waals surface area (Å²) in [6.45, 7) is 1.88. The summed E-state index contributed by atoms with van der Waals surface area (Å²) >= 11 is 0. The lowest BCUT2D eigenvalue weighted by Crippen LogP contribution is -2.37. The van der Waals surface area contributed by atoms with Crippen molar-refractivity contribution in [2.75, 3.05) is 18.5 Å². The van der Waals surface area contributed by atoms with E-state index in [4.69, 9.17) is 13.6 Å². The molecule has 160 valence electrons. The molecule has 5 rings (SSSR count). The van der Waals surface area contributed by atoms with E-state index in [-0.39, 0.29) is 23.0 Å². The molecule has 0 spiro atoms. The fraction of sp³-hybridized carbons (Fsp3) is 0.136. The molecule has 2 aromatic heterocycles. The first-order valence-electron chi connectivity index (χ1n) is 9.79. The first kappa shape index (κ1) is 19.5. The number of nitrogens with zero attached hydrogens (tertiary/aromatic N) is 3. The van der Waals surface area contributed by atoms with Crippen LogP contribution in [-0.4, -0.2) is 46.0 Å². The van der Waals surface area contributed by atoms with Crippen LogP contribution in [0.5, 0.6) is 5.75 Å². The number of imide groups is 1. The maximum atomic E-state index is 12.4. The van der Waals surface area contributed by atoms with Crippen molar-refractivity contribution >= 4 is 34.7 Å². The predicted molar refractivity (Wildman–Crippen MR) is 111 cm³/mol. The van der Waals surface area contributed by atoms with E-state index in [1.807, 2.05) is 19.1 Å². The lowest BCUT2D eigenvalue weighted by molar-refractivity contribution is -0.116. The van der Waals surface area contributed by atoms with E-state index < -0.39 is 24.3 Å². The summed E-state index contributed by atoms with van der Waals surface area (Å²) in [7, 11) is 0. The highest BCUT2D eigenvalue weighted by molar-refractivity contribution is 6.22. The van der Waals surface area contributed by atoms with Crippen molar-refractivity contribution in [1.82, 2.24) is 15.1 Å². The van der Waals surface area contributed by atoms with Crippen LogP contribution in [0.3, 0.4) is 0 Å². The Morgan fingerprint density at radius 2 is 1.78 bits per heavy atom. The average molecular weight is 432 g/mol. The van der Waals surface area contributed by atoms with Gasteiger partial charge in [-0.25, -0.2) is 0 Å². The van der Waals surface area contributed by atoms with Gasteiger partial charge < -0.3 is 13.6 Å². The lowest BCUT2D eigenvalue weighted by atomic mass is 10.1. The highest BCUT2D eigenvalue weighted by atomic mass is 16.5. The van der Waals surface area contributed by atoms with E-state index in [2.05, 4.69) is 15.5 Å². The van der Waals surface area contributed by atoms with Gasteiger partial charge in [0.1, 0.15) is 6.54 Å². The van der Waals surface area contributed by atoms with Gasteiger partial charge in [0, 0.05) is 5.39 Å². The molecule has 0 radical (unpaired) electrons. The molecule has 3 amide bonds. The second-order valence-electron chi connectivity index (χ2n) is 6.92. The zero-order valence-electron chi connectivity index (χ0n) is 16.8. The fourth-order valence-corrected chi connectivity index (χ4v) is 3.47. The van der Waals surface area contributed by atoms with Gasteiger partial charge in [-0.1, -0.05) is 29.4 Å². The number of hydrogen-bond donors (Lipinski definition) is 1. The van der Waals surface area contributed by atoms with E-state index >= 15 is 0 Å². The molecule has 0 saturated heterocycles. The van der Waals surface area contributed by atoms with Crippen LogP contribution in [0.2, 0.25) is 0 Å². The number of ether oxygens (including phenoxy) is 1. The number of benzene rings is 2. The molecule has 32 heavy (non-hydrogen) atoms. The first-order chi connectivity index (χ1) is 15.5. The third-order valence-electron chi connectivity index (χ3n) is 4.87. The van der Waals surface area contributed by atoms with Crippen molar-refractivity contribution in [2.45, 2.75) is 6.92 Å². The number of rotatable bonds is 6. The van der Waals surface area contributed by atoms with Crippen LogP contribution in [0.25, 0.3) is 22.6 Å². The fourth-order valence-electron chi connectivity index (χ4n) is 3.47. The predicted octanol–water partition coefficient (Wildman–Crippen LogP) is 3.12. The summed E-state index contributed by atoms with van der Waals surface area (Å²) in [5, 5.41) is 10.9. The van der Waals surface area contributed by atoms with Crippen LogP contribution in [0.1, 0.15) is 27.6 Å². The number of amides is 3. The largest absolute Gasteiger partial charge is 0.490 e. The standard InChI is InChI=1S/C22H16N4O6/c1-2-30-15-9-5-6-12-10-16(31-18(12)15)19-24-25-22(32-19)23-17(27)11-26-20(28)13-7-3-4-8-14(13)21(26)29/h3-10H,2,11H2,1H3,(H,23,25,27). The highest BCUT2D eigenvalue weighted by Gasteiger charge is 2.36. The minimum atomic E-state index is -0.655. The Morgan fingerprint density at radius 3 is 2.50 bits per heavy atom. The van der Waals surface area contributed by atoms with E-state index in [1.54, 1.807) is 36.4 Å². The molecule has 10 nitrogen and oxygen atoms in total. The summed E-state index contributed by atoms with van der Waals surface area (Å²) in [5.41, 5.74) is 1.07. The van der Waals surface area contributed by atoms with Gasteiger partial charge >= 0.3 is 6.01 Å². The maximum Gasteiger partial charge on any atom is 0.322 e. The van der Waals surface area contributed by atoms with E-state index in [1.165, 1.54) is 0 Å². The average Bonchev–Trinajstić information content (AvgIpc) is 3.49. The maximum absolute atomic E-state index is 12.4. The van der Waals surface area contributed by atoms with Crippen LogP contribution in [-0.2, 0) is 4.79 Å². The third kappa shape index (κ3) is 3.27. The Labute approximate surface area is 180 Å². The second-order valence-corrected chi connectivity index (χ2v) is 6.92. The number of carbonyl (C=O) groups is 3. The van der Waals surface area contributed by atoms with E-state index in [0.717, 1.165) is 10.3 Å². The number of para-hydroxylation sites is 1. The molecule has 0 bridgehead atoms. The number of furan rings is 1. The highest BCUT2D eigenvalue weighted by Crippen LogP contribution is 2.33. The van der Waals surface area contributed by atoms with Crippen molar-refractivity contribution in [2.24, 2.45) is 0 Å². The van der Waals surface area contributed by atoms with E-state index in [0.29, 0.717) is 23.7 Å². The van der Waals surface area contributed by atoms with Gasteiger partial charge in [0.2, 0.25) is 5.91 Å². The number of fused-ring (bicyclic) bond motifs is 2. The van der Waals surface area contributed by atoms with Crippen LogP contribution in [0.15, 0.2) is 57.4 Å². The zero-order valence-corrected chi connectivity index (χ0v) is 16.8. The molecule has 1 aliphatic rings. The quantitative estimate of drug-likeness (QED) is 0.460. The molecule has 1 aliphatic heterocycles. The summed E-state index contributed by atoms with van der Waals surface area (Å²) in [6, 6.07) is 13.4. The molecule has 10 heteroatoms. The Kier molecular flexibility index (Phi) is 4.66. The molecule has 2 aromatic carbocycles. The molecular formula is C22H16N4O6. The van der Waals surface area contributed by atoms with Gasteiger partial charge in [0.05, 0.1) is 17.7 Å². The van der Waals surface area contributed by atoms with Crippen LogP contribution in [0, 0.1) is 0 Å². The zero-order chi connectivity index (χ0) is 22.2. The number of aromatic nitrogens is 2. The first-order valence-corrected chi connectivity index (χ1v) is 9.79. The monoisotopic (exact) mass is 432 g/mol. The summed E-state index contributed by atoms with van der Waals surface area (Å²) < 4.78 is 16.8. The molecular weight excluding hydrogens is 416 g/mol. The van der Waals surface area contributed by atoms with Crippen molar-refractivity contribution in [3.05, 3.63) is 59.7 Å². The Balaban J connectivity index is 1.30. The van der Waals surface area contributed by atoms with Gasteiger partial charge in [0.25, 0.3) is 17.7 Å². The van der Waals surface area contributed by atoms with Gasteiger partial charge in [-0.05, 0) is 31.2 Å². The summed E-state index contributed by atoms with van der Waals surface area (Å²) in [4.78, 5) is 38.0. The van der Waals surface area contributed by atoms with Crippen molar-refractivity contribution in [1.29, 1.82) is 0 Å². The molecule has 0 atom stereocenters. The number of anilines is 1. The van der Waals surface area contributed by atoms with Crippen LogP contribution >= 0.6 is 0 Å². The Bertz CT molecular complexity index is 1340. The van der Waals surface area contributed by atoms with Gasteiger partial charge in [-0.3, -0.25) is 24.6 Å². The van der Waals surface area contributed by atoms with Crippen LogP contribution < -0.4 is 10.1 Å². The number of nitrogens with one attached hydrogen (secondary N) is 1. The SMILES string of the molecule is CCOc1cccc2cc(-c3nnc(NC(=O)CN4C(=O)c5ccccc5C4=O)o3)oc12. The molecule has 4 aromatic rings.